The van der Waals surface area contributed by atoms with Crippen LogP contribution in [0.15, 0.2) is 34.6 Å². The molecular formula is C14H8N6O2S2. The largest absolute Gasteiger partial charge is 0.271 e. The highest BCUT2D eigenvalue weighted by Crippen LogP contribution is 2.33. The molecule has 0 radical (unpaired) electrons. The quantitative estimate of drug-likeness (QED) is 0.684. The highest BCUT2D eigenvalue weighted by molar-refractivity contribution is 8.00. The third kappa shape index (κ3) is 1.96. The van der Waals surface area contributed by atoms with Gasteiger partial charge in [-0.1, -0.05) is 47.8 Å². The minimum Gasteiger partial charge on any atom is -0.271 e. The first-order chi connectivity index (χ1) is 11.7. The monoisotopic (exact) mass is 356 g/mol. The molecule has 0 atom stereocenters. The first kappa shape index (κ1) is 13.9. The molecule has 0 fully saturated rings. The normalized spacial score (nSPS) is 15.8. The summed E-state index contributed by atoms with van der Waals surface area (Å²) in [6, 6.07) is 7.44. The van der Waals surface area contributed by atoms with E-state index in [1.807, 2.05) is 24.3 Å². The number of hydrogen-bond donors (Lipinski definition) is 0. The van der Waals surface area contributed by atoms with Crippen molar-refractivity contribution < 1.29 is 9.59 Å². The molecule has 2 aromatic heterocycles. The molecule has 4 heterocycles. The van der Waals surface area contributed by atoms with E-state index in [4.69, 9.17) is 0 Å². The van der Waals surface area contributed by atoms with Crippen LogP contribution in [0.3, 0.4) is 0 Å². The van der Waals surface area contributed by atoms with Gasteiger partial charge in [-0.25, -0.2) is 9.97 Å². The van der Waals surface area contributed by atoms with Gasteiger partial charge in [0, 0.05) is 11.1 Å². The second-order valence-corrected chi connectivity index (χ2v) is 7.05. The zero-order valence-corrected chi connectivity index (χ0v) is 13.7. The smallest absolute Gasteiger partial charge is 0.259 e. The molecule has 2 aliphatic heterocycles. The van der Waals surface area contributed by atoms with Crippen LogP contribution in [0, 0.1) is 0 Å². The summed E-state index contributed by atoms with van der Waals surface area (Å²) < 4.78 is 2.66. The molecule has 24 heavy (non-hydrogen) atoms. The molecule has 0 bridgehead atoms. The second kappa shape index (κ2) is 5.02. The molecule has 0 saturated carbocycles. The van der Waals surface area contributed by atoms with Crippen LogP contribution in [0.2, 0.25) is 0 Å². The molecule has 0 aliphatic carbocycles. The van der Waals surface area contributed by atoms with Gasteiger partial charge in [0.2, 0.25) is 0 Å². The number of nitrogens with zero attached hydrogens (tertiary/aromatic N) is 6. The number of hydrogen-bond acceptors (Lipinski definition) is 8. The van der Waals surface area contributed by atoms with Crippen molar-refractivity contribution in [3.8, 4) is 22.8 Å². The van der Waals surface area contributed by atoms with Gasteiger partial charge < -0.3 is 0 Å². The van der Waals surface area contributed by atoms with Crippen LogP contribution >= 0.6 is 23.5 Å². The fourth-order valence-electron chi connectivity index (χ4n) is 2.58. The zero-order valence-electron chi connectivity index (χ0n) is 12.0. The lowest BCUT2D eigenvalue weighted by Gasteiger charge is -2.02. The molecule has 0 unspecified atom stereocenters. The van der Waals surface area contributed by atoms with Gasteiger partial charge in [0.25, 0.3) is 11.8 Å². The van der Waals surface area contributed by atoms with Gasteiger partial charge in [0.05, 0.1) is 11.5 Å². The third-order valence-corrected chi connectivity index (χ3v) is 5.51. The molecule has 0 saturated heterocycles. The lowest BCUT2D eigenvalue weighted by Crippen LogP contribution is -2.09. The SMILES string of the molecule is O=C1CSc2nc(-c3ccccc3-c3nc4n(n3)C(=O)CS4)nn21. The average Bonchev–Trinajstić information content (AvgIpc) is 3.32. The van der Waals surface area contributed by atoms with E-state index in [-0.39, 0.29) is 11.8 Å². The first-order valence-corrected chi connectivity index (χ1v) is 9.04. The summed E-state index contributed by atoms with van der Waals surface area (Å²) in [7, 11) is 0. The molecule has 5 rings (SSSR count). The second-order valence-electron chi connectivity index (χ2n) is 5.17. The summed E-state index contributed by atoms with van der Waals surface area (Å²) in [4.78, 5) is 32.4. The number of rotatable bonds is 2. The Morgan fingerprint density at radius 3 is 1.67 bits per heavy atom. The molecule has 3 aromatic rings. The molecule has 0 amide bonds. The maximum absolute atomic E-state index is 11.8. The van der Waals surface area contributed by atoms with Crippen molar-refractivity contribution in [2.75, 3.05) is 11.5 Å². The molecule has 118 valence electrons. The van der Waals surface area contributed by atoms with Gasteiger partial charge in [-0.3, -0.25) is 9.59 Å². The Labute approximate surface area is 143 Å². The Bertz CT molecular complexity index is 943. The molecule has 1 aromatic carbocycles. The van der Waals surface area contributed by atoms with Crippen LogP contribution in [0.4, 0.5) is 0 Å². The number of aromatic nitrogens is 6. The minimum absolute atomic E-state index is 0.0766. The fourth-order valence-corrected chi connectivity index (χ4v) is 4.17. The molecule has 8 nitrogen and oxygen atoms in total. The van der Waals surface area contributed by atoms with Gasteiger partial charge >= 0.3 is 0 Å². The Morgan fingerprint density at radius 2 is 1.25 bits per heavy atom. The Hall–Kier alpha value is -2.46. The van der Waals surface area contributed by atoms with E-state index in [0.29, 0.717) is 33.5 Å². The van der Waals surface area contributed by atoms with E-state index in [1.54, 1.807) is 0 Å². The summed E-state index contributed by atoms with van der Waals surface area (Å²) in [5.74, 6) is 1.49. The van der Waals surface area contributed by atoms with Crippen molar-refractivity contribution in [3.05, 3.63) is 24.3 Å². The van der Waals surface area contributed by atoms with Crippen molar-refractivity contribution in [2.45, 2.75) is 10.3 Å². The van der Waals surface area contributed by atoms with E-state index in [0.717, 1.165) is 11.1 Å². The standard InChI is InChI=1S/C14H8N6O2S2/c21-9-5-23-13-15-11(17-19(9)13)7-3-1-2-4-8(7)12-16-14-20(18-12)10(22)6-24-14/h1-4H,5-6H2. The summed E-state index contributed by atoms with van der Waals surface area (Å²) in [6.07, 6.45) is 0. The predicted octanol–water partition coefficient (Wildman–Crippen LogP) is 1.70. The molecule has 0 spiro atoms. The van der Waals surface area contributed by atoms with E-state index in [2.05, 4.69) is 20.2 Å². The Balaban J connectivity index is 1.64. The van der Waals surface area contributed by atoms with Gasteiger partial charge in [0.15, 0.2) is 22.0 Å². The maximum Gasteiger partial charge on any atom is 0.259 e. The minimum atomic E-state index is -0.0766. The van der Waals surface area contributed by atoms with Gasteiger partial charge in [-0.2, -0.15) is 9.36 Å². The Kier molecular flexibility index (Phi) is 2.91. The summed E-state index contributed by atoms with van der Waals surface area (Å²) in [5.41, 5.74) is 1.46. The summed E-state index contributed by atoms with van der Waals surface area (Å²) >= 11 is 2.74. The highest BCUT2D eigenvalue weighted by atomic mass is 32.2. The van der Waals surface area contributed by atoms with Gasteiger partial charge in [-0.05, 0) is 0 Å². The molecule has 2 aliphatic rings. The van der Waals surface area contributed by atoms with Crippen molar-refractivity contribution in [3.63, 3.8) is 0 Å². The number of thioether (sulfide) groups is 2. The van der Waals surface area contributed by atoms with Crippen LogP contribution in [-0.4, -0.2) is 52.8 Å². The first-order valence-electron chi connectivity index (χ1n) is 7.06. The van der Waals surface area contributed by atoms with E-state index in [1.165, 1.54) is 32.9 Å². The Morgan fingerprint density at radius 1 is 0.792 bits per heavy atom. The number of carbonyl (C=O) groups excluding carboxylic acids is 2. The molecule has 0 N–H and O–H groups in total. The lowest BCUT2D eigenvalue weighted by molar-refractivity contribution is 0.0915. The number of benzene rings is 1. The van der Waals surface area contributed by atoms with Crippen LogP contribution in [-0.2, 0) is 0 Å². The fraction of sp³-hybridized carbons (Fsp3) is 0.143. The summed E-state index contributed by atoms with van der Waals surface area (Å²) in [5, 5.41) is 9.80. The molecule has 10 heteroatoms. The van der Waals surface area contributed by atoms with Crippen LogP contribution in [0.5, 0.6) is 0 Å². The average molecular weight is 356 g/mol. The van der Waals surface area contributed by atoms with Gasteiger partial charge in [-0.15, -0.1) is 10.2 Å². The third-order valence-electron chi connectivity index (χ3n) is 3.69. The van der Waals surface area contributed by atoms with Crippen LogP contribution in [0.25, 0.3) is 22.8 Å². The zero-order chi connectivity index (χ0) is 16.3. The number of carbonyl (C=O) groups is 2. The van der Waals surface area contributed by atoms with Crippen molar-refractivity contribution in [2.24, 2.45) is 0 Å². The van der Waals surface area contributed by atoms with Crippen molar-refractivity contribution >= 4 is 35.3 Å². The lowest BCUT2D eigenvalue weighted by atomic mass is 10.1. The van der Waals surface area contributed by atoms with Crippen LogP contribution < -0.4 is 0 Å². The predicted molar refractivity (Wildman–Crippen MR) is 87.2 cm³/mol. The van der Waals surface area contributed by atoms with Crippen molar-refractivity contribution in [1.82, 2.24) is 29.5 Å². The van der Waals surface area contributed by atoms with E-state index in [9.17, 15) is 9.59 Å². The van der Waals surface area contributed by atoms with Gasteiger partial charge in [0.1, 0.15) is 0 Å². The summed E-state index contributed by atoms with van der Waals surface area (Å²) in [6.45, 7) is 0. The number of fused-ring (bicyclic) bond motifs is 2. The van der Waals surface area contributed by atoms with E-state index < -0.39 is 0 Å². The maximum atomic E-state index is 11.8. The van der Waals surface area contributed by atoms with Crippen molar-refractivity contribution in [1.29, 1.82) is 0 Å². The van der Waals surface area contributed by atoms with E-state index >= 15 is 0 Å². The van der Waals surface area contributed by atoms with Crippen LogP contribution in [0.1, 0.15) is 9.59 Å². The highest BCUT2D eigenvalue weighted by Gasteiger charge is 2.28. The topological polar surface area (TPSA) is 95.6 Å². The molecular weight excluding hydrogens is 348 g/mol.